The maximum absolute atomic E-state index is 12.9. The molecule has 1 heterocycles. The Bertz CT molecular complexity index is 1350. The van der Waals surface area contributed by atoms with Crippen LogP contribution < -0.4 is 4.74 Å². The van der Waals surface area contributed by atoms with Crippen molar-refractivity contribution in [3.05, 3.63) is 107 Å². The van der Waals surface area contributed by atoms with Gasteiger partial charge in [-0.25, -0.2) is 0 Å². The molecule has 1 aliphatic rings. The molecule has 0 atom stereocenters. The Morgan fingerprint density at radius 2 is 1.45 bits per heavy atom. The van der Waals surface area contributed by atoms with Crippen LogP contribution in [0.3, 0.4) is 0 Å². The Kier molecular flexibility index (Phi) is 4.56. The summed E-state index contributed by atoms with van der Waals surface area (Å²) in [6.07, 6.45) is 1.63. The van der Waals surface area contributed by atoms with Crippen LogP contribution in [-0.4, -0.2) is 24.9 Å². The minimum Gasteiger partial charge on any atom is -0.497 e. The standard InChI is InChI=1S/C26H17NO4/c1-30-18-9-7-17(8-10-18)27-15-19-11-13-24(31-19)16-6-12-22-23(14-16)26(29)21-5-3-2-4-20(21)25(22)28/h2-15H,1H3. The van der Waals surface area contributed by atoms with Crippen molar-refractivity contribution < 1.29 is 18.7 Å². The second-order valence-electron chi connectivity index (χ2n) is 7.12. The van der Waals surface area contributed by atoms with Gasteiger partial charge in [0.15, 0.2) is 11.6 Å². The SMILES string of the molecule is COc1ccc(N=Cc2ccc(-c3ccc4c(c3)C(=O)c3ccccc3C4=O)o2)cc1. The quantitative estimate of drug-likeness (QED) is 0.370. The van der Waals surface area contributed by atoms with E-state index in [1.54, 1.807) is 55.8 Å². The fraction of sp³-hybridized carbons (Fsp3) is 0.0385. The number of hydrogen-bond donors (Lipinski definition) is 0. The van der Waals surface area contributed by atoms with Gasteiger partial charge in [-0.2, -0.15) is 0 Å². The Labute approximate surface area is 178 Å². The van der Waals surface area contributed by atoms with Crippen molar-refractivity contribution in [3.8, 4) is 17.1 Å². The Balaban J connectivity index is 1.43. The van der Waals surface area contributed by atoms with E-state index in [0.717, 1.165) is 17.0 Å². The summed E-state index contributed by atoms with van der Waals surface area (Å²) in [7, 11) is 1.62. The number of ketones is 2. The van der Waals surface area contributed by atoms with Gasteiger partial charge in [0.2, 0.25) is 0 Å². The number of rotatable bonds is 4. The first-order valence-electron chi connectivity index (χ1n) is 9.75. The van der Waals surface area contributed by atoms with Crippen molar-refractivity contribution in [2.45, 2.75) is 0 Å². The average molecular weight is 407 g/mol. The highest BCUT2D eigenvalue weighted by Crippen LogP contribution is 2.31. The van der Waals surface area contributed by atoms with E-state index in [1.165, 1.54) is 0 Å². The largest absolute Gasteiger partial charge is 0.497 e. The van der Waals surface area contributed by atoms with Crippen LogP contribution in [0.25, 0.3) is 11.3 Å². The third-order valence-corrected chi connectivity index (χ3v) is 5.25. The van der Waals surface area contributed by atoms with E-state index in [4.69, 9.17) is 9.15 Å². The van der Waals surface area contributed by atoms with Gasteiger partial charge in [0, 0.05) is 27.8 Å². The molecular formula is C26H17NO4. The van der Waals surface area contributed by atoms with Crippen LogP contribution in [0.5, 0.6) is 5.75 Å². The van der Waals surface area contributed by atoms with Gasteiger partial charge in [-0.05, 0) is 48.5 Å². The van der Waals surface area contributed by atoms with Gasteiger partial charge < -0.3 is 9.15 Å². The average Bonchev–Trinajstić information content (AvgIpc) is 3.30. The zero-order valence-electron chi connectivity index (χ0n) is 16.7. The normalized spacial score (nSPS) is 12.7. The summed E-state index contributed by atoms with van der Waals surface area (Å²) in [5.41, 5.74) is 3.19. The second kappa shape index (κ2) is 7.54. The van der Waals surface area contributed by atoms with E-state index in [2.05, 4.69) is 4.99 Å². The van der Waals surface area contributed by atoms with Crippen molar-refractivity contribution >= 4 is 23.5 Å². The number of carbonyl (C=O) groups excluding carboxylic acids is 2. The first-order chi connectivity index (χ1) is 15.1. The van der Waals surface area contributed by atoms with Crippen LogP contribution in [0.1, 0.15) is 37.6 Å². The molecule has 0 amide bonds. The summed E-state index contributed by atoms with van der Waals surface area (Å²) in [5.74, 6) is 1.65. The van der Waals surface area contributed by atoms with E-state index in [-0.39, 0.29) is 11.6 Å². The van der Waals surface area contributed by atoms with Gasteiger partial charge in [0.1, 0.15) is 17.3 Å². The molecule has 5 nitrogen and oxygen atoms in total. The van der Waals surface area contributed by atoms with Crippen LogP contribution in [0.2, 0.25) is 0 Å². The summed E-state index contributed by atoms with van der Waals surface area (Å²) in [5, 5.41) is 0. The van der Waals surface area contributed by atoms with Gasteiger partial charge in [-0.1, -0.05) is 30.3 Å². The Morgan fingerprint density at radius 3 is 2.16 bits per heavy atom. The van der Waals surface area contributed by atoms with Gasteiger partial charge in [0.05, 0.1) is 19.0 Å². The van der Waals surface area contributed by atoms with E-state index < -0.39 is 0 Å². The summed E-state index contributed by atoms with van der Waals surface area (Å²) >= 11 is 0. The molecule has 5 heteroatoms. The number of methoxy groups -OCH3 is 1. The smallest absolute Gasteiger partial charge is 0.194 e. The molecule has 150 valence electrons. The van der Waals surface area contributed by atoms with Gasteiger partial charge in [-0.3, -0.25) is 14.6 Å². The van der Waals surface area contributed by atoms with Crippen LogP contribution in [0, 0.1) is 0 Å². The van der Waals surface area contributed by atoms with Gasteiger partial charge >= 0.3 is 0 Å². The minimum atomic E-state index is -0.153. The van der Waals surface area contributed by atoms with Crippen molar-refractivity contribution in [1.82, 2.24) is 0 Å². The lowest BCUT2D eigenvalue weighted by molar-refractivity contribution is 0.0979. The highest BCUT2D eigenvalue weighted by molar-refractivity contribution is 6.28. The van der Waals surface area contributed by atoms with Crippen LogP contribution in [-0.2, 0) is 0 Å². The molecule has 3 aromatic carbocycles. The number of furan rings is 1. The molecule has 4 aromatic rings. The highest BCUT2D eigenvalue weighted by atomic mass is 16.5. The Hall–Kier alpha value is -4.25. The van der Waals surface area contributed by atoms with E-state index in [1.807, 2.05) is 36.4 Å². The third kappa shape index (κ3) is 3.36. The summed E-state index contributed by atoms with van der Waals surface area (Å²) in [6.45, 7) is 0. The first-order valence-corrected chi connectivity index (χ1v) is 9.75. The number of aliphatic imine (C=N–C) groups is 1. The number of ether oxygens (including phenoxy) is 1. The number of nitrogens with zero attached hydrogens (tertiary/aromatic N) is 1. The maximum Gasteiger partial charge on any atom is 0.194 e. The molecule has 0 aliphatic heterocycles. The second-order valence-corrected chi connectivity index (χ2v) is 7.12. The number of hydrogen-bond acceptors (Lipinski definition) is 5. The molecule has 0 unspecified atom stereocenters. The predicted molar refractivity (Wildman–Crippen MR) is 118 cm³/mol. The van der Waals surface area contributed by atoms with Gasteiger partial charge in [-0.15, -0.1) is 0 Å². The fourth-order valence-corrected chi connectivity index (χ4v) is 3.64. The van der Waals surface area contributed by atoms with E-state index >= 15 is 0 Å². The molecule has 0 saturated heterocycles. The van der Waals surface area contributed by atoms with Gasteiger partial charge in [0.25, 0.3) is 0 Å². The molecule has 0 spiro atoms. The Morgan fingerprint density at radius 1 is 0.774 bits per heavy atom. The van der Waals surface area contributed by atoms with E-state index in [9.17, 15) is 9.59 Å². The molecule has 0 saturated carbocycles. The lowest BCUT2D eigenvalue weighted by atomic mass is 9.83. The molecule has 0 bridgehead atoms. The zero-order chi connectivity index (χ0) is 21.4. The van der Waals surface area contributed by atoms with E-state index in [0.29, 0.717) is 33.8 Å². The summed E-state index contributed by atoms with van der Waals surface area (Å²) < 4.78 is 11.0. The van der Waals surface area contributed by atoms with Crippen LogP contribution in [0.4, 0.5) is 5.69 Å². The topological polar surface area (TPSA) is 68.9 Å². The third-order valence-electron chi connectivity index (χ3n) is 5.25. The van der Waals surface area contributed by atoms with Crippen molar-refractivity contribution in [2.75, 3.05) is 7.11 Å². The molecule has 1 aromatic heterocycles. The summed E-state index contributed by atoms with van der Waals surface area (Å²) in [6, 6.07) is 23.1. The monoisotopic (exact) mass is 407 g/mol. The highest BCUT2D eigenvalue weighted by Gasteiger charge is 2.29. The number of carbonyl (C=O) groups is 2. The lowest BCUT2D eigenvalue weighted by Gasteiger charge is -2.17. The molecule has 0 N–H and O–H groups in total. The molecule has 31 heavy (non-hydrogen) atoms. The molecule has 0 radical (unpaired) electrons. The first kappa shape index (κ1) is 18.8. The van der Waals surface area contributed by atoms with Crippen LogP contribution >= 0.6 is 0 Å². The minimum absolute atomic E-state index is 0.136. The lowest BCUT2D eigenvalue weighted by Crippen LogP contribution is -2.20. The zero-order valence-corrected chi connectivity index (χ0v) is 16.7. The number of benzene rings is 3. The molecule has 0 fully saturated rings. The maximum atomic E-state index is 12.9. The van der Waals surface area contributed by atoms with Crippen molar-refractivity contribution in [3.63, 3.8) is 0 Å². The number of fused-ring (bicyclic) bond motifs is 2. The van der Waals surface area contributed by atoms with Crippen molar-refractivity contribution in [1.29, 1.82) is 0 Å². The molecule has 5 rings (SSSR count). The molecule has 1 aliphatic carbocycles. The molecular weight excluding hydrogens is 390 g/mol. The summed E-state index contributed by atoms with van der Waals surface area (Å²) in [4.78, 5) is 30.1. The van der Waals surface area contributed by atoms with Crippen LogP contribution in [0.15, 0.2) is 88.3 Å². The predicted octanol–water partition coefficient (Wildman–Crippen LogP) is 5.48. The van der Waals surface area contributed by atoms with Crippen molar-refractivity contribution in [2.24, 2.45) is 4.99 Å². The fourth-order valence-electron chi connectivity index (χ4n) is 3.64.